The van der Waals surface area contributed by atoms with Gasteiger partial charge in [-0.2, -0.15) is 0 Å². The molecule has 0 unspecified atom stereocenters. The summed E-state index contributed by atoms with van der Waals surface area (Å²) < 4.78 is 0. The number of rotatable bonds is 4. The summed E-state index contributed by atoms with van der Waals surface area (Å²) in [6.07, 6.45) is 0. The zero-order chi connectivity index (χ0) is 29.8. The first kappa shape index (κ1) is 25.6. The average Bonchev–Trinajstić information content (AvgIpc) is 3.39. The van der Waals surface area contributed by atoms with Gasteiger partial charge in [-0.05, 0) is 93.0 Å². The smallest absolute Gasteiger partial charge is 0.0755 e. The Hall–Kier alpha value is -5.86. The molecule has 0 amide bonds. The number of para-hydroxylation sites is 3. The zero-order valence-corrected chi connectivity index (χ0v) is 24.7. The van der Waals surface area contributed by atoms with Gasteiger partial charge in [0.15, 0.2) is 0 Å². The molecule has 0 radical (unpaired) electrons. The summed E-state index contributed by atoms with van der Waals surface area (Å²) in [7, 11) is 0. The minimum atomic E-state index is -0.464. The lowest BCUT2D eigenvalue weighted by Crippen LogP contribution is -2.36. The highest BCUT2D eigenvalue weighted by molar-refractivity contribution is 5.96. The van der Waals surface area contributed by atoms with Gasteiger partial charge in [0.05, 0.1) is 16.8 Å². The van der Waals surface area contributed by atoms with E-state index in [0.717, 1.165) is 17.1 Å². The summed E-state index contributed by atoms with van der Waals surface area (Å²) >= 11 is 0. The maximum atomic E-state index is 3.76. The molecule has 7 aromatic rings. The second-order valence-electron chi connectivity index (χ2n) is 11.8. The fourth-order valence-corrected chi connectivity index (χ4v) is 7.61. The molecule has 0 atom stereocenters. The minimum absolute atomic E-state index is 0.464. The topological polar surface area (TPSA) is 15.3 Å². The lowest BCUT2D eigenvalue weighted by molar-refractivity contribution is 0.753. The molecule has 0 saturated heterocycles. The Bertz CT molecular complexity index is 2150. The van der Waals surface area contributed by atoms with Gasteiger partial charge in [0.1, 0.15) is 0 Å². The highest BCUT2D eigenvalue weighted by Crippen LogP contribution is 2.63. The first-order valence-corrected chi connectivity index (χ1v) is 15.5. The van der Waals surface area contributed by atoms with Crippen LogP contribution >= 0.6 is 0 Å². The van der Waals surface area contributed by atoms with Crippen LogP contribution in [0.25, 0.3) is 22.3 Å². The van der Waals surface area contributed by atoms with E-state index in [1.807, 2.05) is 0 Å². The molecule has 0 fully saturated rings. The van der Waals surface area contributed by atoms with Gasteiger partial charge in [0.2, 0.25) is 0 Å². The van der Waals surface area contributed by atoms with Crippen molar-refractivity contribution < 1.29 is 0 Å². The first-order chi connectivity index (χ1) is 22.3. The second kappa shape index (κ2) is 10.1. The van der Waals surface area contributed by atoms with Crippen LogP contribution in [0.2, 0.25) is 0 Å². The predicted octanol–water partition coefficient (Wildman–Crippen LogP) is 11.2. The average molecular weight is 575 g/mol. The van der Waals surface area contributed by atoms with Gasteiger partial charge in [-0.3, -0.25) is 0 Å². The summed E-state index contributed by atoms with van der Waals surface area (Å²) in [5, 5.41) is 3.76. The van der Waals surface area contributed by atoms with E-state index in [1.165, 1.54) is 55.9 Å². The quantitative estimate of drug-likeness (QED) is 0.225. The lowest BCUT2D eigenvalue weighted by Gasteiger charge is -2.45. The SMILES string of the molecule is c1ccc(-c2cccc(Nc3ccc4c(c3)C3(c5ccccc5-4)c4ccccc4N(c4ccccc4)c4ccccc43)c2)cc1. The molecule has 1 spiro atoms. The number of benzene rings is 7. The van der Waals surface area contributed by atoms with Crippen LogP contribution in [0.15, 0.2) is 176 Å². The lowest BCUT2D eigenvalue weighted by atomic mass is 9.64. The van der Waals surface area contributed by atoms with E-state index in [4.69, 9.17) is 0 Å². The molecule has 45 heavy (non-hydrogen) atoms. The number of anilines is 5. The summed E-state index contributed by atoms with van der Waals surface area (Å²) in [4.78, 5) is 2.42. The van der Waals surface area contributed by atoms with Crippen molar-refractivity contribution in [3.05, 3.63) is 198 Å². The van der Waals surface area contributed by atoms with Crippen LogP contribution < -0.4 is 10.2 Å². The van der Waals surface area contributed by atoms with E-state index in [-0.39, 0.29) is 0 Å². The predicted molar refractivity (Wildman–Crippen MR) is 187 cm³/mol. The molecule has 2 heteroatoms. The van der Waals surface area contributed by atoms with Crippen molar-refractivity contribution in [3.8, 4) is 22.3 Å². The molecule has 1 heterocycles. The third-order valence-electron chi connectivity index (χ3n) is 9.42. The van der Waals surface area contributed by atoms with Gasteiger partial charge >= 0.3 is 0 Å². The number of nitrogens with one attached hydrogen (secondary N) is 1. The molecular weight excluding hydrogens is 544 g/mol. The molecule has 0 saturated carbocycles. The van der Waals surface area contributed by atoms with E-state index in [9.17, 15) is 0 Å². The molecule has 1 aliphatic heterocycles. The van der Waals surface area contributed by atoms with Gasteiger partial charge in [-0.25, -0.2) is 0 Å². The fourth-order valence-electron chi connectivity index (χ4n) is 7.61. The van der Waals surface area contributed by atoms with Crippen LogP contribution in [-0.4, -0.2) is 0 Å². The molecular formula is C43H30N2. The third kappa shape index (κ3) is 3.82. The van der Waals surface area contributed by atoms with Gasteiger partial charge in [-0.15, -0.1) is 0 Å². The van der Waals surface area contributed by atoms with E-state index >= 15 is 0 Å². The van der Waals surface area contributed by atoms with E-state index in [2.05, 4.69) is 186 Å². The molecule has 1 aliphatic carbocycles. The number of nitrogens with zero attached hydrogens (tertiary/aromatic N) is 1. The number of fused-ring (bicyclic) bond motifs is 9. The Morgan fingerprint density at radius 3 is 1.67 bits per heavy atom. The maximum absolute atomic E-state index is 3.76. The van der Waals surface area contributed by atoms with Crippen molar-refractivity contribution in [2.24, 2.45) is 0 Å². The molecule has 1 N–H and O–H groups in total. The Labute approximate surface area is 263 Å². The van der Waals surface area contributed by atoms with Crippen molar-refractivity contribution in [1.82, 2.24) is 0 Å². The first-order valence-electron chi connectivity index (χ1n) is 15.5. The highest BCUT2D eigenvalue weighted by atomic mass is 15.2. The van der Waals surface area contributed by atoms with Crippen molar-refractivity contribution in [1.29, 1.82) is 0 Å². The second-order valence-corrected chi connectivity index (χ2v) is 11.8. The summed E-state index contributed by atoms with van der Waals surface area (Å²) in [6.45, 7) is 0. The van der Waals surface area contributed by atoms with Crippen molar-refractivity contribution in [2.45, 2.75) is 5.41 Å². The molecule has 0 bridgehead atoms. The molecule has 9 rings (SSSR count). The van der Waals surface area contributed by atoms with Gasteiger partial charge in [0.25, 0.3) is 0 Å². The van der Waals surface area contributed by atoms with E-state index in [1.54, 1.807) is 0 Å². The van der Waals surface area contributed by atoms with Crippen LogP contribution in [0.3, 0.4) is 0 Å². The molecule has 212 valence electrons. The number of hydrogen-bond acceptors (Lipinski definition) is 2. The Morgan fingerprint density at radius 1 is 0.378 bits per heavy atom. The Kier molecular flexibility index (Phi) is 5.76. The zero-order valence-electron chi connectivity index (χ0n) is 24.7. The highest BCUT2D eigenvalue weighted by Gasteiger charge is 2.51. The van der Waals surface area contributed by atoms with Crippen LogP contribution in [-0.2, 0) is 5.41 Å². The maximum Gasteiger partial charge on any atom is 0.0755 e. The van der Waals surface area contributed by atoms with E-state index < -0.39 is 5.41 Å². The van der Waals surface area contributed by atoms with Gasteiger partial charge < -0.3 is 10.2 Å². The number of hydrogen-bond donors (Lipinski definition) is 1. The molecule has 7 aromatic carbocycles. The van der Waals surface area contributed by atoms with Crippen LogP contribution in [0, 0.1) is 0 Å². The van der Waals surface area contributed by atoms with Crippen molar-refractivity contribution >= 4 is 28.4 Å². The fraction of sp³-hybridized carbons (Fsp3) is 0.0233. The third-order valence-corrected chi connectivity index (χ3v) is 9.42. The molecule has 2 aliphatic rings. The Balaban J connectivity index is 1.26. The van der Waals surface area contributed by atoms with Gasteiger partial charge in [-0.1, -0.05) is 127 Å². The van der Waals surface area contributed by atoms with E-state index in [0.29, 0.717) is 0 Å². The summed E-state index contributed by atoms with van der Waals surface area (Å²) in [5.41, 5.74) is 15.5. The summed E-state index contributed by atoms with van der Waals surface area (Å²) in [6, 6.07) is 63.8. The standard InChI is InChI=1S/C43H30N2/c1-3-14-30(15-4-1)31-16-13-17-32(28-31)44-33-26-27-36-35-20-7-8-21-37(35)43(40(36)29-33)38-22-9-11-24-41(38)45(34-18-5-2-6-19-34)42-25-12-10-23-39(42)43/h1-29,44H. The normalized spacial score (nSPS) is 13.5. The van der Waals surface area contributed by atoms with Gasteiger partial charge in [0, 0.05) is 17.1 Å². The van der Waals surface area contributed by atoms with Crippen LogP contribution in [0.1, 0.15) is 22.3 Å². The largest absolute Gasteiger partial charge is 0.355 e. The Morgan fingerprint density at radius 2 is 0.933 bits per heavy atom. The molecule has 2 nitrogen and oxygen atoms in total. The minimum Gasteiger partial charge on any atom is -0.355 e. The van der Waals surface area contributed by atoms with Crippen LogP contribution in [0.5, 0.6) is 0 Å². The van der Waals surface area contributed by atoms with Crippen molar-refractivity contribution in [2.75, 3.05) is 10.2 Å². The van der Waals surface area contributed by atoms with Crippen molar-refractivity contribution in [3.63, 3.8) is 0 Å². The summed E-state index contributed by atoms with van der Waals surface area (Å²) in [5.74, 6) is 0. The van der Waals surface area contributed by atoms with Crippen LogP contribution in [0.4, 0.5) is 28.4 Å². The molecule has 0 aromatic heterocycles. The monoisotopic (exact) mass is 574 g/mol.